The van der Waals surface area contributed by atoms with Gasteiger partial charge in [0.2, 0.25) is 15.9 Å². The molecular weight excluding hydrogens is 404 g/mol. The molecule has 0 aromatic heterocycles. The number of ether oxygens (including phenoxy) is 2. The van der Waals surface area contributed by atoms with Gasteiger partial charge in [-0.3, -0.25) is 4.79 Å². The van der Waals surface area contributed by atoms with Gasteiger partial charge < -0.3 is 14.4 Å². The maximum Gasteiger partial charge on any atom is 0.243 e. The van der Waals surface area contributed by atoms with Crippen LogP contribution in [0, 0.1) is 5.92 Å². The van der Waals surface area contributed by atoms with E-state index in [2.05, 4.69) is 0 Å². The Labute approximate surface area is 178 Å². The second kappa shape index (κ2) is 9.49. The van der Waals surface area contributed by atoms with Crippen molar-refractivity contribution in [1.82, 2.24) is 9.21 Å². The zero-order valence-electron chi connectivity index (χ0n) is 17.6. The van der Waals surface area contributed by atoms with E-state index in [0.29, 0.717) is 31.7 Å². The highest BCUT2D eigenvalue weighted by Gasteiger charge is 2.34. The number of benzene rings is 2. The Hall–Kier alpha value is -2.58. The van der Waals surface area contributed by atoms with Gasteiger partial charge in [-0.2, -0.15) is 4.31 Å². The van der Waals surface area contributed by atoms with Gasteiger partial charge in [0.1, 0.15) is 11.5 Å². The lowest BCUT2D eigenvalue weighted by Crippen LogP contribution is -2.45. The Morgan fingerprint density at radius 3 is 2.47 bits per heavy atom. The molecule has 0 aliphatic carbocycles. The maximum absolute atomic E-state index is 13.0. The van der Waals surface area contributed by atoms with Crippen LogP contribution >= 0.6 is 0 Å². The number of hydrogen-bond donors (Lipinski definition) is 0. The summed E-state index contributed by atoms with van der Waals surface area (Å²) in [6.45, 7) is 1.00. The van der Waals surface area contributed by atoms with Crippen molar-refractivity contribution in [3.05, 3.63) is 54.1 Å². The van der Waals surface area contributed by atoms with Crippen LogP contribution in [0.5, 0.6) is 11.5 Å². The minimum atomic E-state index is -3.66. The molecular formula is C22H28N2O5S. The van der Waals surface area contributed by atoms with Gasteiger partial charge in [-0.15, -0.1) is 0 Å². The fourth-order valence-electron chi connectivity index (χ4n) is 3.74. The van der Waals surface area contributed by atoms with Gasteiger partial charge in [0.25, 0.3) is 0 Å². The van der Waals surface area contributed by atoms with E-state index in [1.165, 1.54) is 23.5 Å². The predicted molar refractivity (Wildman–Crippen MR) is 114 cm³/mol. The van der Waals surface area contributed by atoms with E-state index in [9.17, 15) is 13.2 Å². The maximum atomic E-state index is 13.0. The quantitative estimate of drug-likeness (QED) is 0.673. The van der Waals surface area contributed by atoms with Crippen LogP contribution in [-0.2, 0) is 21.4 Å². The summed E-state index contributed by atoms with van der Waals surface area (Å²) in [5.74, 6) is 0.894. The smallest absolute Gasteiger partial charge is 0.243 e. The van der Waals surface area contributed by atoms with Crippen molar-refractivity contribution in [3.8, 4) is 11.5 Å². The predicted octanol–water partition coefficient (Wildman–Crippen LogP) is 2.76. The monoisotopic (exact) mass is 432 g/mol. The number of methoxy groups -OCH3 is 2. The third-order valence-corrected chi connectivity index (χ3v) is 7.29. The summed E-state index contributed by atoms with van der Waals surface area (Å²) in [5, 5.41) is 0. The standard InChI is InChI=1S/C22H28N2O5S/c1-23(15-17-7-4-5-9-21(17)29-3)22(25)18-8-6-14-24(16-18)30(26,27)20-12-10-19(28-2)11-13-20/h4-5,7,9-13,18H,6,8,14-16H2,1-3H3/t18-/m0/s1. The van der Waals surface area contributed by atoms with Crippen molar-refractivity contribution in [1.29, 1.82) is 0 Å². The van der Waals surface area contributed by atoms with Gasteiger partial charge in [0.05, 0.1) is 25.0 Å². The van der Waals surface area contributed by atoms with Gasteiger partial charge in [0, 0.05) is 32.2 Å². The summed E-state index contributed by atoms with van der Waals surface area (Å²) in [6.07, 6.45) is 1.32. The van der Waals surface area contributed by atoms with Gasteiger partial charge in [0.15, 0.2) is 0 Å². The van der Waals surface area contributed by atoms with E-state index in [-0.39, 0.29) is 23.3 Å². The molecule has 1 atom stereocenters. The lowest BCUT2D eigenvalue weighted by Gasteiger charge is -2.33. The van der Waals surface area contributed by atoms with Gasteiger partial charge in [-0.1, -0.05) is 18.2 Å². The number of rotatable bonds is 7. The molecule has 0 radical (unpaired) electrons. The van der Waals surface area contributed by atoms with E-state index >= 15 is 0 Å². The van der Waals surface area contributed by atoms with Gasteiger partial charge >= 0.3 is 0 Å². The Morgan fingerprint density at radius 1 is 1.10 bits per heavy atom. The number of amides is 1. The SMILES string of the molecule is COc1ccc(S(=O)(=O)N2CCC[C@H](C(=O)N(C)Cc3ccccc3OC)C2)cc1. The second-order valence-corrected chi connectivity index (χ2v) is 9.32. The summed E-state index contributed by atoms with van der Waals surface area (Å²) in [4.78, 5) is 14.9. The van der Waals surface area contributed by atoms with Crippen LogP contribution in [0.2, 0.25) is 0 Å². The number of carbonyl (C=O) groups is 1. The topological polar surface area (TPSA) is 76.2 Å². The first-order valence-corrected chi connectivity index (χ1v) is 11.3. The molecule has 8 heteroatoms. The Morgan fingerprint density at radius 2 is 1.80 bits per heavy atom. The number of nitrogens with zero attached hydrogens (tertiary/aromatic N) is 2. The molecule has 0 spiro atoms. The van der Waals surface area contributed by atoms with Gasteiger partial charge in [-0.05, 0) is 43.2 Å². The molecule has 1 amide bonds. The molecule has 7 nitrogen and oxygen atoms in total. The van der Waals surface area contributed by atoms with Crippen LogP contribution in [0.25, 0.3) is 0 Å². The Balaban J connectivity index is 1.70. The van der Waals surface area contributed by atoms with Crippen molar-refractivity contribution in [3.63, 3.8) is 0 Å². The summed E-state index contributed by atoms with van der Waals surface area (Å²) in [6, 6.07) is 13.9. The molecule has 162 valence electrons. The van der Waals surface area contributed by atoms with E-state index in [1.807, 2.05) is 24.3 Å². The first-order valence-electron chi connectivity index (χ1n) is 9.88. The molecule has 2 aromatic carbocycles. The molecule has 0 saturated carbocycles. The van der Waals surface area contributed by atoms with Crippen LogP contribution in [-0.4, -0.2) is 57.9 Å². The largest absolute Gasteiger partial charge is 0.497 e. The highest BCUT2D eigenvalue weighted by Crippen LogP contribution is 2.27. The summed E-state index contributed by atoms with van der Waals surface area (Å²) in [5.41, 5.74) is 0.911. The minimum absolute atomic E-state index is 0.0597. The molecule has 1 heterocycles. The van der Waals surface area contributed by atoms with Crippen LogP contribution in [0.1, 0.15) is 18.4 Å². The molecule has 0 N–H and O–H groups in total. The first-order chi connectivity index (χ1) is 14.4. The van der Waals surface area contributed by atoms with Crippen LogP contribution in [0.4, 0.5) is 0 Å². The number of carbonyl (C=O) groups excluding carboxylic acids is 1. The molecule has 1 aliphatic heterocycles. The highest BCUT2D eigenvalue weighted by molar-refractivity contribution is 7.89. The molecule has 1 aliphatic rings. The fraction of sp³-hybridized carbons (Fsp3) is 0.409. The van der Waals surface area contributed by atoms with Crippen molar-refractivity contribution in [2.75, 3.05) is 34.4 Å². The average molecular weight is 433 g/mol. The number of para-hydroxylation sites is 1. The summed E-state index contributed by atoms with van der Waals surface area (Å²) < 4.78 is 38.0. The lowest BCUT2D eigenvalue weighted by molar-refractivity contribution is -0.135. The third-order valence-electron chi connectivity index (χ3n) is 5.41. The van der Waals surface area contributed by atoms with Crippen molar-refractivity contribution < 1.29 is 22.7 Å². The number of hydrogen-bond acceptors (Lipinski definition) is 5. The van der Waals surface area contributed by atoms with Crippen LogP contribution in [0.15, 0.2) is 53.4 Å². The molecule has 1 saturated heterocycles. The molecule has 2 aromatic rings. The average Bonchev–Trinajstić information content (AvgIpc) is 2.79. The molecule has 0 bridgehead atoms. The number of piperidine rings is 1. The highest BCUT2D eigenvalue weighted by atomic mass is 32.2. The fourth-order valence-corrected chi connectivity index (χ4v) is 5.26. The zero-order valence-corrected chi connectivity index (χ0v) is 18.4. The molecule has 3 rings (SSSR count). The number of sulfonamides is 1. The van der Waals surface area contributed by atoms with Crippen molar-refractivity contribution >= 4 is 15.9 Å². The minimum Gasteiger partial charge on any atom is -0.497 e. The molecule has 0 unspecified atom stereocenters. The van der Waals surface area contributed by atoms with E-state index in [1.54, 1.807) is 31.2 Å². The van der Waals surface area contributed by atoms with Gasteiger partial charge in [-0.25, -0.2) is 8.42 Å². The Bertz CT molecular complexity index is 975. The van der Waals surface area contributed by atoms with Crippen molar-refractivity contribution in [2.24, 2.45) is 5.92 Å². The van der Waals surface area contributed by atoms with E-state index in [4.69, 9.17) is 9.47 Å². The molecule has 1 fully saturated rings. The Kier molecular flexibility index (Phi) is 6.99. The second-order valence-electron chi connectivity index (χ2n) is 7.38. The summed E-state index contributed by atoms with van der Waals surface area (Å²) >= 11 is 0. The van der Waals surface area contributed by atoms with Crippen molar-refractivity contribution in [2.45, 2.75) is 24.3 Å². The third kappa shape index (κ3) is 4.76. The van der Waals surface area contributed by atoms with Crippen LogP contribution in [0.3, 0.4) is 0 Å². The van der Waals surface area contributed by atoms with Crippen LogP contribution < -0.4 is 9.47 Å². The normalized spacial score (nSPS) is 17.4. The lowest BCUT2D eigenvalue weighted by atomic mass is 9.98. The van der Waals surface area contributed by atoms with E-state index in [0.717, 1.165) is 11.3 Å². The summed E-state index contributed by atoms with van der Waals surface area (Å²) in [7, 11) is 1.21. The first kappa shape index (κ1) is 22.1. The zero-order chi connectivity index (χ0) is 21.7. The molecule has 30 heavy (non-hydrogen) atoms. The van der Waals surface area contributed by atoms with E-state index < -0.39 is 10.0 Å².